The molecule has 12 nitrogen and oxygen atoms in total. The van der Waals surface area contributed by atoms with Gasteiger partial charge >= 0.3 is 18.4 Å². The van der Waals surface area contributed by atoms with Crippen molar-refractivity contribution in [1.82, 2.24) is 35.1 Å². The van der Waals surface area contributed by atoms with Crippen molar-refractivity contribution in [3.8, 4) is 33.6 Å². The number of aromatic amines is 2. The number of amides is 3. The molecule has 3 amide bonds. The van der Waals surface area contributed by atoms with Crippen LogP contribution in [0.2, 0.25) is 0 Å². The Morgan fingerprint density at radius 3 is 1.72 bits per heavy atom. The summed E-state index contributed by atoms with van der Waals surface area (Å²) >= 11 is 0. The van der Waals surface area contributed by atoms with Crippen LogP contribution in [0, 0.1) is 11.8 Å². The number of fused-ring (bicyclic) bond motifs is 1. The van der Waals surface area contributed by atoms with E-state index < -0.39 is 48.4 Å². The largest absolute Gasteiger partial charge is 0.453 e. The van der Waals surface area contributed by atoms with Crippen LogP contribution in [0.5, 0.6) is 0 Å². The number of benzene rings is 3. The van der Waals surface area contributed by atoms with Crippen molar-refractivity contribution >= 4 is 28.7 Å². The molecule has 4 atom stereocenters. The molecule has 2 aliphatic heterocycles. The van der Waals surface area contributed by atoms with E-state index in [4.69, 9.17) is 10.5 Å². The second-order valence-corrected chi connectivity index (χ2v) is 15.5. The zero-order valence-electron chi connectivity index (χ0n) is 32.9. The van der Waals surface area contributed by atoms with E-state index in [9.17, 15) is 40.7 Å². The predicted octanol–water partition coefficient (Wildman–Crippen LogP) is 8.06. The number of nitrogens with zero attached hydrogens (tertiary/aromatic N) is 4. The van der Waals surface area contributed by atoms with Gasteiger partial charge in [0.25, 0.3) is 0 Å². The van der Waals surface area contributed by atoms with Crippen LogP contribution < -0.4 is 11.1 Å². The molecule has 5 N–H and O–H groups in total. The van der Waals surface area contributed by atoms with Gasteiger partial charge in [0.2, 0.25) is 11.8 Å². The third kappa shape index (κ3) is 8.55. The van der Waals surface area contributed by atoms with E-state index in [1.165, 1.54) is 13.3 Å². The molecule has 3 aromatic carbocycles. The number of nitrogens with one attached hydrogen (secondary N) is 3. The summed E-state index contributed by atoms with van der Waals surface area (Å²) in [6, 6.07) is 15.0. The minimum atomic E-state index is -5.74. The zero-order chi connectivity index (χ0) is 43.1. The van der Waals surface area contributed by atoms with Crippen molar-refractivity contribution < 1.29 is 45.5 Å². The number of likely N-dealkylation sites (tertiary alicyclic amines) is 2. The molecule has 7 rings (SSSR count). The Bertz CT molecular complexity index is 2340. The number of nitrogens with two attached hydrogens (primary N) is 1. The highest BCUT2D eigenvalue weighted by Gasteiger charge is 2.62. The first-order valence-corrected chi connectivity index (χ1v) is 19.5. The average molecular weight is 839 g/mol. The second kappa shape index (κ2) is 16.6. The SMILES string of the molecule is COC(=O)N[C@H](C(=O)N1CCC[C@H]1c1ncc(-c2ccc3cc(-c4ccc(-c5cnc([C@@H]6CCCN6C(=O)[C@@H](N)C(C(F)(F)F)C(F)(F)F)[nH]5)cc4)ccc3c2)[nH]1)C(C)C. The monoisotopic (exact) mass is 838 g/mol. The van der Waals surface area contributed by atoms with Gasteiger partial charge < -0.3 is 35.6 Å². The van der Waals surface area contributed by atoms with E-state index in [2.05, 4.69) is 37.4 Å². The lowest BCUT2D eigenvalue weighted by molar-refractivity contribution is -0.288. The Balaban J connectivity index is 1.03. The van der Waals surface area contributed by atoms with Gasteiger partial charge in [-0.25, -0.2) is 14.8 Å². The number of H-pyrrole nitrogens is 2. The lowest BCUT2D eigenvalue weighted by Crippen LogP contribution is -2.56. The zero-order valence-corrected chi connectivity index (χ0v) is 32.9. The van der Waals surface area contributed by atoms with Gasteiger partial charge in [-0.1, -0.05) is 62.4 Å². The van der Waals surface area contributed by atoms with Gasteiger partial charge in [0.05, 0.1) is 43.0 Å². The lowest BCUT2D eigenvalue weighted by Gasteiger charge is -2.32. The Labute approximate surface area is 340 Å². The number of aromatic nitrogens is 4. The minimum Gasteiger partial charge on any atom is -0.453 e. The van der Waals surface area contributed by atoms with E-state index in [0.717, 1.165) is 56.5 Å². The molecular weight excluding hydrogens is 795 g/mol. The molecule has 2 aliphatic rings. The second-order valence-electron chi connectivity index (χ2n) is 15.5. The van der Waals surface area contributed by atoms with Gasteiger partial charge in [0.15, 0.2) is 5.92 Å². The number of hydrogen-bond acceptors (Lipinski definition) is 7. The van der Waals surface area contributed by atoms with Crippen LogP contribution >= 0.6 is 0 Å². The van der Waals surface area contributed by atoms with Crippen molar-refractivity contribution in [1.29, 1.82) is 0 Å². The van der Waals surface area contributed by atoms with Crippen LogP contribution in [0.4, 0.5) is 31.1 Å². The maximum atomic E-state index is 13.6. The molecule has 2 saturated heterocycles. The molecule has 2 fully saturated rings. The number of carbonyl (C=O) groups excluding carboxylic acids is 3. The van der Waals surface area contributed by atoms with Crippen LogP contribution in [-0.4, -0.2) is 92.3 Å². The highest BCUT2D eigenvalue weighted by Crippen LogP contribution is 2.43. The van der Waals surface area contributed by atoms with Crippen molar-refractivity contribution in [2.24, 2.45) is 17.6 Å². The van der Waals surface area contributed by atoms with Gasteiger partial charge in [0, 0.05) is 18.7 Å². The summed E-state index contributed by atoms with van der Waals surface area (Å²) in [5, 5.41) is 4.65. The Kier molecular flexibility index (Phi) is 11.7. The molecule has 4 heterocycles. The molecular formula is C42H44F6N8O4. The van der Waals surface area contributed by atoms with Crippen LogP contribution in [0.3, 0.4) is 0 Å². The fraction of sp³-hybridized carbons (Fsp3) is 0.405. The van der Waals surface area contributed by atoms with Gasteiger partial charge in [-0.2, -0.15) is 26.3 Å². The lowest BCUT2D eigenvalue weighted by atomic mass is 9.97. The first-order chi connectivity index (χ1) is 28.4. The van der Waals surface area contributed by atoms with Crippen LogP contribution in [0.15, 0.2) is 73.1 Å². The highest BCUT2D eigenvalue weighted by molar-refractivity contribution is 5.91. The average Bonchev–Trinajstić information content (AvgIpc) is 4.05. The molecule has 0 spiro atoms. The summed E-state index contributed by atoms with van der Waals surface area (Å²) in [6.45, 7) is 4.23. The van der Waals surface area contributed by atoms with Crippen molar-refractivity contribution in [2.45, 2.75) is 76.1 Å². The molecule has 60 heavy (non-hydrogen) atoms. The summed E-state index contributed by atoms with van der Waals surface area (Å²) in [4.78, 5) is 56.7. The molecule has 0 saturated carbocycles. The smallest absolute Gasteiger partial charge is 0.407 e. The van der Waals surface area contributed by atoms with E-state index in [1.807, 2.05) is 62.4 Å². The number of alkyl halides is 6. The van der Waals surface area contributed by atoms with Gasteiger partial charge in [0.1, 0.15) is 23.7 Å². The quantitative estimate of drug-likeness (QED) is 0.103. The molecule has 0 aliphatic carbocycles. The summed E-state index contributed by atoms with van der Waals surface area (Å²) in [5.74, 6) is -4.84. The number of ether oxygens (including phenoxy) is 1. The number of hydrogen-bond donors (Lipinski definition) is 4. The number of rotatable bonds is 10. The predicted molar refractivity (Wildman–Crippen MR) is 210 cm³/mol. The van der Waals surface area contributed by atoms with E-state index >= 15 is 0 Å². The number of methoxy groups -OCH3 is 1. The maximum Gasteiger partial charge on any atom is 0.407 e. The first-order valence-electron chi connectivity index (χ1n) is 19.5. The molecule has 2 aromatic heterocycles. The molecule has 0 radical (unpaired) electrons. The number of alkyl carbamates (subject to hydrolysis) is 1. The third-order valence-corrected chi connectivity index (χ3v) is 11.3. The van der Waals surface area contributed by atoms with Gasteiger partial charge in [-0.15, -0.1) is 0 Å². The Morgan fingerprint density at radius 2 is 1.20 bits per heavy atom. The maximum absolute atomic E-state index is 13.6. The first kappa shape index (κ1) is 42.2. The van der Waals surface area contributed by atoms with Crippen LogP contribution in [0.1, 0.15) is 63.3 Å². The molecule has 5 aromatic rings. The van der Waals surface area contributed by atoms with Crippen LogP contribution in [-0.2, 0) is 14.3 Å². The number of imidazole rings is 2. The van der Waals surface area contributed by atoms with Gasteiger partial charge in [-0.05, 0) is 71.2 Å². The normalized spacial score (nSPS) is 18.4. The Morgan fingerprint density at radius 1 is 0.733 bits per heavy atom. The van der Waals surface area contributed by atoms with Crippen molar-refractivity contribution in [3.63, 3.8) is 0 Å². The standard InChI is InChI=1S/C42H44F6N8O4/c1-22(2)34(54-40(59)60-3)39(58)56-17-5-7-32(56)37-51-21-30(53-37)28-15-14-26-18-25(12-13-27(26)19-28)23-8-10-24(11-9-23)29-20-50-36(52-29)31-6-4-16-55(31)38(57)33(49)35(41(43,44)45)42(46,47)48/h8-15,18-22,31-35H,4-7,16-17,49H2,1-3H3,(H,50,52)(H,51,53)(H,54,59)/t31-,32-,33-,34-/m0/s1. The fourth-order valence-electron chi connectivity index (χ4n) is 8.17. The number of carbonyl (C=O) groups is 3. The summed E-state index contributed by atoms with van der Waals surface area (Å²) < 4.78 is 84.7. The fourth-order valence-corrected chi connectivity index (χ4v) is 8.17. The van der Waals surface area contributed by atoms with E-state index in [1.54, 1.807) is 11.1 Å². The summed E-state index contributed by atoms with van der Waals surface area (Å²) in [7, 11) is 1.26. The summed E-state index contributed by atoms with van der Waals surface area (Å²) in [5.41, 5.74) is 10.2. The summed E-state index contributed by atoms with van der Waals surface area (Å²) in [6.07, 6.45) is -6.70. The highest BCUT2D eigenvalue weighted by atomic mass is 19.4. The molecule has 18 heteroatoms. The number of halogens is 6. The van der Waals surface area contributed by atoms with Gasteiger partial charge in [-0.3, -0.25) is 9.59 Å². The van der Waals surface area contributed by atoms with E-state index in [-0.39, 0.29) is 30.2 Å². The molecule has 0 unspecified atom stereocenters. The topological polar surface area (TPSA) is 162 Å². The molecule has 0 bridgehead atoms. The minimum absolute atomic E-state index is 0.0525. The van der Waals surface area contributed by atoms with Crippen molar-refractivity contribution in [2.75, 3.05) is 20.2 Å². The van der Waals surface area contributed by atoms with E-state index in [0.29, 0.717) is 30.9 Å². The Hall–Kier alpha value is -5.91. The molecule has 318 valence electrons. The third-order valence-electron chi connectivity index (χ3n) is 11.3. The van der Waals surface area contributed by atoms with Crippen LogP contribution in [0.25, 0.3) is 44.4 Å². The van der Waals surface area contributed by atoms with Crippen molar-refractivity contribution in [3.05, 3.63) is 84.7 Å².